The van der Waals surface area contributed by atoms with Crippen LogP contribution in [0.4, 0.5) is 18.9 Å². The number of hydrogen-bond donors (Lipinski definition) is 6. The molecule has 0 heterocycles. The lowest BCUT2D eigenvalue weighted by molar-refractivity contribution is -0.192. The highest BCUT2D eigenvalue weighted by molar-refractivity contribution is 5.97. The zero-order valence-corrected chi connectivity index (χ0v) is 23.2. The number of halogens is 3. The molecule has 0 fully saturated rings. The molecule has 7 N–H and O–H groups in total. The van der Waals surface area contributed by atoms with Crippen LogP contribution in [0.3, 0.4) is 0 Å². The Morgan fingerprint density at radius 3 is 1.98 bits per heavy atom. The second kappa shape index (κ2) is 16.6. The van der Waals surface area contributed by atoms with E-state index in [0.717, 1.165) is 0 Å². The van der Waals surface area contributed by atoms with Gasteiger partial charge in [0.05, 0.1) is 0 Å². The third-order valence-corrected chi connectivity index (χ3v) is 5.36. The number of nitrogens with one attached hydrogen (secondary N) is 4. The van der Waals surface area contributed by atoms with Gasteiger partial charge in [-0.1, -0.05) is 49.6 Å². The van der Waals surface area contributed by atoms with Crippen LogP contribution in [0.2, 0.25) is 0 Å². The molecule has 0 bridgehead atoms. The number of aliphatic carboxylic acids is 1. The summed E-state index contributed by atoms with van der Waals surface area (Å²) >= 11 is 0. The van der Waals surface area contributed by atoms with Crippen molar-refractivity contribution >= 4 is 29.3 Å². The Hall–Kier alpha value is -5.79. The van der Waals surface area contributed by atoms with Crippen molar-refractivity contribution in [2.45, 2.75) is 12.2 Å². The summed E-state index contributed by atoms with van der Waals surface area (Å²) in [6, 6.07) is 19.4. The van der Waals surface area contributed by atoms with E-state index >= 15 is 0 Å². The molecule has 0 saturated carbocycles. The lowest BCUT2D eigenvalue weighted by atomic mass is 10.0. The number of amides is 2. The monoisotopic (exact) mass is 613 g/mol. The number of carboxylic acids is 1. The molecule has 3 aromatic carbocycles. The van der Waals surface area contributed by atoms with Gasteiger partial charge in [-0.2, -0.15) is 13.2 Å². The third-order valence-electron chi connectivity index (χ3n) is 5.36. The number of nitrogen functional groups attached to an aromatic ring is 1. The van der Waals surface area contributed by atoms with Crippen molar-refractivity contribution in [3.63, 3.8) is 0 Å². The van der Waals surface area contributed by atoms with Gasteiger partial charge in [0.1, 0.15) is 25.1 Å². The number of carbonyl (C=O) groups is 3. The van der Waals surface area contributed by atoms with Gasteiger partial charge < -0.3 is 25.6 Å². The van der Waals surface area contributed by atoms with Crippen molar-refractivity contribution in [1.29, 1.82) is 5.41 Å². The van der Waals surface area contributed by atoms with Crippen molar-refractivity contribution in [2.24, 2.45) is 5.73 Å². The summed E-state index contributed by atoms with van der Waals surface area (Å²) < 4.78 is 43.2. The molecule has 2 amide bonds. The number of benzene rings is 3. The van der Waals surface area contributed by atoms with Crippen LogP contribution in [0.5, 0.6) is 11.5 Å². The minimum absolute atomic E-state index is 0.0661. The zero-order chi connectivity index (χ0) is 32.7. The Morgan fingerprint density at radius 2 is 1.45 bits per heavy atom. The lowest BCUT2D eigenvalue weighted by Gasteiger charge is -2.22. The van der Waals surface area contributed by atoms with Gasteiger partial charge in [0.2, 0.25) is 0 Å². The fourth-order valence-electron chi connectivity index (χ4n) is 3.30. The number of hydrazine groups is 1. The number of carboxylic acid groups (broad SMARTS) is 1. The molecule has 1 unspecified atom stereocenters. The van der Waals surface area contributed by atoms with Crippen LogP contribution in [0.15, 0.2) is 98.1 Å². The quantitative estimate of drug-likeness (QED) is 0.0756. The number of anilines is 1. The first-order valence-corrected chi connectivity index (χ1v) is 12.6. The van der Waals surface area contributed by atoms with Gasteiger partial charge in [0, 0.05) is 16.8 Å². The first-order chi connectivity index (χ1) is 20.9. The molecule has 0 spiro atoms. The summed E-state index contributed by atoms with van der Waals surface area (Å²) in [7, 11) is 0. The highest BCUT2D eigenvalue weighted by Gasteiger charge is 2.38. The van der Waals surface area contributed by atoms with Crippen LogP contribution in [0.25, 0.3) is 0 Å². The average Bonchev–Trinajstić information content (AvgIpc) is 3.01. The van der Waals surface area contributed by atoms with Gasteiger partial charge in [-0.15, -0.1) is 0 Å². The van der Waals surface area contributed by atoms with Crippen molar-refractivity contribution < 1.29 is 42.1 Å². The van der Waals surface area contributed by atoms with Gasteiger partial charge in [-0.05, 0) is 54.1 Å². The third kappa shape index (κ3) is 10.9. The summed E-state index contributed by atoms with van der Waals surface area (Å²) in [6.07, 6.45) is -1.87. The summed E-state index contributed by atoms with van der Waals surface area (Å²) in [6.45, 7) is 7.84. The molecule has 11 nitrogen and oxygen atoms in total. The van der Waals surface area contributed by atoms with E-state index < -0.39 is 30.0 Å². The van der Waals surface area contributed by atoms with Gasteiger partial charge in [-0.3, -0.25) is 25.8 Å². The van der Waals surface area contributed by atoms with Gasteiger partial charge in [-0.25, -0.2) is 4.79 Å². The molecular formula is C30H30F3N5O6. The molecule has 1 atom stereocenters. The van der Waals surface area contributed by atoms with Crippen LogP contribution in [0.1, 0.15) is 27.5 Å². The van der Waals surface area contributed by atoms with E-state index in [9.17, 15) is 22.8 Å². The predicted octanol–water partition coefficient (Wildman–Crippen LogP) is 4.35. The Bertz CT molecular complexity index is 1460. The number of nitrogens with two attached hydrogens (primary N) is 1. The number of rotatable bonds is 12. The molecule has 232 valence electrons. The van der Waals surface area contributed by atoms with E-state index in [1.54, 1.807) is 84.9 Å². The first kappa shape index (κ1) is 34.4. The molecule has 3 aromatic rings. The maximum atomic E-state index is 13.3. The van der Waals surface area contributed by atoms with Crippen LogP contribution in [0, 0.1) is 5.41 Å². The fraction of sp³-hybridized carbons (Fsp3) is 0.133. The summed E-state index contributed by atoms with van der Waals surface area (Å²) in [4.78, 5) is 34.6. The number of ether oxygens (including phenoxy) is 2. The van der Waals surface area contributed by atoms with Crippen LogP contribution >= 0.6 is 0 Å². The van der Waals surface area contributed by atoms with E-state index in [0.29, 0.717) is 33.9 Å². The van der Waals surface area contributed by atoms with Gasteiger partial charge in [0.25, 0.3) is 11.8 Å². The normalized spacial score (nSPS) is 11.0. The SMILES string of the molecule is C=CCOc1ccc(C(Nc2ccc(C(=N)N)cc2)C(=O)NNC(=O)c2ccccc2)cc1OCC=C.O=C(O)C(F)(F)F. The highest BCUT2D eigenvalue weighted by Crippen LogP contribution is 2.32. The summed E-state index contributed by atoms with van der Waals surface area (Å²) in [5, 5.41) is 17.9. The number of hydrogen-bond acceptors (Lipinski definition) is 7. The van der Waals surface area contributed by atoms with Crippen molar-refractivity contribution in [3.05, 3.63) is 115 Å². The largest absolute Gasteiger partial charge is 0.490 e. The minimum Gasteiger partial charge on any atom is -0.486 e. The Labute approximate surface area is 250 Å². The maximum absolute atomic E-state index is 13.3. The van der Waals surface area contributed by atoms with Gasteiger partial charge in [0.15, 0.2) is 11.5 Å². The average molecular weight is 614 g/mol. The van der Waals surface area contributed by atoms with Gasteiger partial charge >= 0.3 is 12.1 Å². The van der Waals surface area contributed by atoms with E-state index in [-0.39, 0.29) is 19.0 Å². The number of alkyl halides is 3. The smallest absolute Gasteiger partial charge is 0.486 e. The predicted molar refractivity (Wildman–Crippen MR) is 157 cm³/mol. The molecule has 0 radical (unpaired) electrons. The fourth-order valence-corrected chi connectivity index (χ4v) is 3.30. The lowest BCUT2D eigenvalue weighted by Crippen LogP contribution is -2.45. The van der Waals surface area contributed by atoms with Crippen LogP contribution < -0.4 is 31.4 Å². The summed E-state index contributed by atoms with van der Waals surface area (Å²) in [5.41, 5.74) is 12.6. The van der Waals surface area contributed by atoms with Crippen molar-refractivity contribution in [2.75, 3.05) is 18.5 Å². The molecular weight excluding hydrogens is 583 g/mol. The molecule has 44 heavy (non-hydrogen) atoms. The second-order valence-electron chi connectivity index (χ2n) is 8.59. The molecule has 0 aliphatic carbocycles. The highest BCUT2D eigenvalue weighted by atomic mass is 19.4. The Morgan fingerprint density at radius 1 is 0.886 bits per heavy atom. The van der Waals surface area contributed by atoms with Crippen molar-refractivity contribution in [3.8, 4) is 11.5 Å². The zero-order valence-electron chi connectivity index (χ0n) is 23.2. The molecule has 3 rings (SSSR count). The molecule has 0 aliphatic rings. The first-order valence-electron chi connectivity index (χ1n) is 12.6. The van der Waals surface area contributed by atoms with E-state index in [1.807, 2.05) is 0 Å². The van der Waals surface area contributed by atoms with E-state index in [2.05, 4.69) is 29.3 Å². The molecule has 0 aliphatic heterocycles. The van der Waals surface area contributed by atoms with E-state index in [4.69, 9.17) is 30.5 Å². The van der Waals surface area contributed by atoms with Crippen molar-refractivity contribution in [1.82, 2.24) is 10.9 Å². The Kier molecular flexibility index (Phi) is 13.0. The second-order valence-corrected chi connectivity index (χ2v) is 8.59. The van der Waals surface area contributed by atoms with Crippen LogP contribution in [-0.2, 0) is 9.59 Å². The Balaban J connectivity index is 0.000000860. The van der Waals surface area contributed by atoms with Crippen LogP contribution in [-0.4, -0.2) is 48.1 Å². The summed E-state index contributed by atoms with van der Waals surface area (Å²) in [5.74, 6) is -2.90. The van der Waals surface area contributed by atoms with E-state index in [1.165, 1.54) is 0 Å². The number of amidine groups is 1. The minimum atomic E-state index is -5.08. The number of carbonyl (C=O) groups excluding carboxylic acids is 2. The molecule has 0 aromatic heterocycles. The maximum Gasteiger partial charge on any atom is 0.490 e. The molecule has 14 heteroatoms. The topological polar surface area (TPSA) is 176 Å². The standard InChI is InChI=1S/C28H29N5O4.C2HF3O2/c1-3-16-36-23-15-12-21(18-24(23)37-17-4-2)25(31-22-13-10-19(11-14-22)26(29)30)28(35)33-32-27(34)20-8-6-5-7-9-20;3-2(4,5)1(6)7/h3-15,18,25,31H,1-2,16-17H2,(H3,29,30)(H,32,34)(H,33,35);(H,6,7). The molecule has 0 saturated heterocycles.